The van der Waals surface area contributed by atoms with Crippen LogP contribution in [-0.4, -0.2) is 17.7 Å². The number of hydrogen-bond acceptors (Lipinski definition) is 2. The van der Waals surface area contributed by atoms with Crippen molar-refractivity contribution in [3.63, 3.8) is 0 Å². The molecule has 0 bridgehead atoms. The van der Waals surface area contributed by atoms with E-state index in [9.17, 15) is 5.11 Å². The van der Waals surface area contributed by atoms with E-state index in [0.29, 0.717) is 12.6 Å². The van der Waals surface area contributed by atoms with Gasteiger partial charge in [0.05, 0.1) is 6.10 Å². The van der Waals surface area contributed by atoms with Gasteiger partial charge in [0.2, 0.25) is 0 Å². The molecular weight excluding hydrogens is 258 g/mol. The SMILES string of the molecule is CC(C)NC[C@H](O)c1cc2ccccc2c2ccccc12. The van der Waals surface area contributed by atoms with E-state index < -0.39 is 6.10 Å². The summed E-state index contributed by atoms with van der Waals surface area (Å²) in [6.07, 6.45) is -0.498. The molecular formula is C19H21NO. The predicted molar refractivity (Wildman–Crippen MR) is 89.6 cm³/mol. The molecule has 2 heteroatoms. The van der Waals surface area contributed by atoms with Gasteiger partial charge in [-0.1, -0.05) is 62.4 Å². The summed E-state index contributed by atoms with van der Waals surface area (Å²) >= 11 is 0. The van der Waals surface area contributed by atoms with E-state index in [1.165, 1.54) is 16.2 Å². The zero-order valence-corrected chi connectivity index (χ0v) is 12.5. The molecule has 0 fully saturated rings. The van der Waals surface area contributed by atoms with E-state index in [-0.39, 0.29) is 0 Å². The van der Waals surface area contributed by atoms with Crippen molar-refractivity contribution in [3.05, 3.63) is 60.2 Å². The van der Waals surface area contributed by atoms with Gasteiger partial charge in [-0.05, 0) is 33.2 Å². The second-order valence-electron chi connectivity index (χ2n) is 5.81. The Bertz CT molecular complexity index is 764. The van der Waals surface area contributed by atoms with Crippen LogP contribution in [0.25, 0.3) is 21.5 Å². The molecule has 3 aromatic carbocycles. The number of benzene rings is 3. The van der Waals surface area contributed by atoms with Gasteiger partial charge >= 0.3 is 0 Å². The molecule has 1 atom stereocenters. The monoisotopic (exact) mass is 279 g/mol. The molecule has 0 aliphatic rings. The van der Waals surface area contributed by atoms with Gasteiger partial charge < -0.3 is 10.4 Å². The van der Waals surface area contributed by atoms with E-state index in [1.807, 2.05) is 12.1 Å². The van der Waals surface area contributed by atoms with Crippen molar-refractivity contribution in [2.24, 2.45) is 0 Å². The first-order valence-corrected chi connectivity index (χ1v) is 7.48. The Kier molecular flexibility index (Phi) is 3.91. The fraction of sp³-hybridized carbons (Fsp3) is 0.263. The molecule has 0 unspecified atom stereocenters. The Balaban J connectivity index is 2.16. The topological polar surface area (TPSA) is 32.3 Å². The third kappa shape index (κ3) is 2.78. The van der Waals surface area contributed by atoms with Crippen LogP contribution in [0.4, 0.5) is 0 Å². The standard InChI is InChI=1S/C19H21NO/c1-13(2)20-12-19(21)18-11-14-7-3-4-8-15(14)16-9-5-6-10-17(16)18/h3-11,13,19-21H,12H2,1-2H3/t19-/m0/s1. The Hall–Kier alpha value is -1.90. The van der Waals surface area contributed by atoms with E-state index >= 15 is 0 Å². The molecule has 0 radical (unpaired) electrons. The normalized spacial score (nSPS) is 13.1. The summed E-state index contributed by atoms with van der Waals surface area (Å²) in [6.45, 7) is 4.75. The van der Waals surface area contributed by atoms with Crippen molar-refractivity contribution >= 4 is 21.5 Å². The van der Waals surface area contributed by atoms with Gasteiger partial charge in [-0.3, -0.25) is 0 Å². The number of rotatable bonds is 4. The van der Waals surface area contributed by atoms with Crippen LogP contribution in [0, 0.1) is 0 Å². The van der Waals surface area contributed by atoms with E-state index in [4.69, 9.17) is 0 Å². The number of hydrogen-bond donors (Lipinski definition) is 2. The molecule has 2 N–H and O–H groups in total. The van der Waals surface area contributed by atoms with Crippen LogP contribution in [0.2, 0.25) is 0 Å². The van der Waals surface area contributed by atoms with Gasteiger partial charge in [0.1, 0.15) is 0 Å². The molecule has 3 aromatic rings. The summed E-state index contributed by atoms with van der Waals surface area (Å²) in [7, 11) is 0. The first-order chi connectivity index (χ1) is 10.2. The molecule has 0 spiro atoms. The van der Waals surface area contributed by atoms with Gasteiger partial charge in [-0.15, -0.1) is 0 Å². The highest BCUT2D eigenvalue weighted by Gasteiger charge is 2.13. The molecule has 0 saturated heterocycles. The summed E-state index contributed by atoms with van der Waals surface area (Å²) in [5.41, 5.74) is 0.998. The quantitative estimate of drug-likeness (QED) is 0.707. The second kappa shape index (κ2) is 5.84. The second-order valence-corrected chi connectivity index (χ2v) is 5.81. The van der Waals surface area contributed by atoms with E-state index in [1.54, 1.807) is 0 Å². The van der Waals surface area contributed by atoms with Crippen molar-refractivity contribution in [1.29, 1.82) is 0 Å². The van der Waals surface area contributed by atoms with Gasteiger partial charge in [0.15, 0.2) is 0 Å². The van der Waals surface area contributed by atoms with Gasteiger partial charge in [-0.25, -0.2) is 0 Å². The van der Waals surface area contributed by atoms with Crippen molar-refractivity contribution in [2.75, 3.05) is 6.54 Å². The Morgan fingerprint density at radius 2 is 1.52 bits per heavy atom. The Morgan fingerprint density at radius 3 is 2.24 bits per heavy atom. The maximum atomic E-state index is 10.6. The first-order valence-electron chi connectivity index (χ1n) is 7.48. The zero-order chi connectivity index (χ0) is 14.8. The Morgan fingerprint density at radius 1 is 0.905 bits per heavy atom. The molecule has 108 valence electrons. The van der Waals surface area contributed by atoms with Crippen LogP contribution in [0.1, 0.15) is 25.5 Å². The Labute approximate surface area is 125 Å². The van der Waals surface area contributed by atoms with Crippen molar-refractivity contribution < 1.29 is 5.11 Å². The number of fused-ring (bicyclic) bond motifs is 3. The summed E-state index contributed by atoms with van der Waals surface area (Å²) in [5.74, 6) is 0. The van der Waals surface area contributed by atoms with Crippen LogP contribution in [-0.2, 0) is 0 Å². The maximum absolute atomic E-state index is 10.6. The highest BCUT2D eigenvalue weighted by molar-refractivity contribution is 6.09. The smallest absolute Gasteiger partial charge is 0.0920 e. The molecule has 0 amide bonds. The third-order valence-electron chi connectivity index (χ3n) is 3.88. The largest absolute Gasteiger partial charge is 0.387 e. The summed E-state index contributed by atoms with van der Waals surface area (Å²) in [6, 6.07) is 19.1. The number of aliphatic hydroxyl groups is 1. The van der Waals surface area contributed by atoms with Crippen LogP contribution in [0.3, 0.4) is 0 Å². The minimum absolute atomic E-state index is 0.367. The number of aliphatic hydroxyl groups excluding tert-OH is 1. The summed E-state index contributed by atoms with van der Waals surface area (Å²) in [5, 5.41) is 18.6. The van der Waals surface area contributed by atoms with Gasteiger partial charge in [0, 0.05) is 12.6 Å². The third-order valence-corrected chi connectivity index (χ3v) is 3.88. The fourth-order valence-corrected chi connectivity index (χ4v) is 2.82. The highest BCUT2D eigenvalue weighted by atomic mass is 16.3. The van der Waals surface area contributed by atoms with E-state index in [0.717, 1.165) is 10.9 Å². The average molecular weight is 279 g/mol. The minimum atomic E-state index is -0.498. The summed E-state index contributed by atoms with van der Waals surface area (Å²) in [4.78, 5) is 0. The molecule has 3 rings (SSSR count). The van der Waals surface area contributed by atoms with Crippen LogP contribution >= 0.6 is 0 Å². The highest BCUT2D eigenvalue weighted by Crippen LogP contribution is 2.31. The molecule has 2 nitrogen and oxygen atoms in total. The average Bonchev–Trinajstić information content (AvgIpc) is 2.51. The first kappa shape index (κ1) is 14.1. The lowest BCUT2D eigenvalue weighted by Gasteiger charge is -2.18. The predicted octanol–water partition coefficient (Wildman–Crippen LogP) is 4.02. The lowest BCUT2D eigenvalue weighted by Crippen LogP contribution is -2.28. The molecule has 0 aliphatic heterocycles. The molecule has 0 aromatic heterocycles. The van der Waals surface area contributed by atoms with Crippen molar-refractivity contribution in [1.82, 2.24) is 5.32 Å². The molecule has 0 aliphatic carbocycles. The molecule has 21 heavy (non-hydrogen) atoms. The zero-order valence-electron chi connectivity index (χ0n) is 12.5. The lowest BCUT2D eigenvalue weighted by atomic mass is 9.94. The van der Waals surface area contributed by atoms with Gasteiger partial charge in [-0.2, -0.15) is 0 Å². The van der Waals surface area contributed by atoms with Crippen molar-refractivity contribution in [3.8, 4) is 0 Å². The van der Waals surface area contributed by atoms with Crippen molar-refractivity contribution in [2.45, 2.75) is 26.0 Å². The van der Waals surface area contributed by atoms with Gasteiger partial charge in [0.25, 0.3) is 0 Å². The van der Waals surface area contributed by atoms with Crippen LogP contribution in [0.5, 0.6) is 0 Å². The van der Waals surface area contributed by atoms with Crippen LogP contribution < -0.4 is 5.32 Å². The van der Waals surface area contributed by atoms with Crippen LogP contribution in [0.15, 0.2) is 54.6 Å². The lowest BCUT2D eigenvalue weighted by molar-refractivity contribution is 0.173. The fourth-order valence-electron chi connectivity index (χ4n) is 2.82. The van der Waals surface area contributed by atoms with E-state index in [2.05, 4.69) is 61.6 Å². The number of nitrogens with one attached hydrogen (secondary N) is 1. The maximum Gasteiger partial charge on any atom is 0.0920 e. The molecule has 0 heterocycles. The molecule has 0 saturated carbocycles. The summed E-state index contributed by atoms with van der Waals surface area (Å²) < 4.78 is 0. The minimum Gasteiger partial charge on any atom is -0.387 e.